The molecule has 1 aliphatic rings. The molecule has 1 amide bonds. The maximum Gasteiger partial charge on any atom is 0.268 e. The van der Waals surface area contributed by atoms with Gasteiger partial charge in [0.25, 0.3) is 5.91 Å². The molecule has 0 N–H and O–H groups in total. The second kappa shape index (κ2) is 8.66. The van der Waals surface area contributed by atoms with Crippen LogP contribution in [0.5, 0.6) is 0 Å². The van der Waals surface area contributed by atoms with Crippen molar-refractivity contribution < 1.29 is 21.6 Å². The Hall–Kier alpha value is -1.20. The van der Waals surface area contributed by atoms with Gasteiger partial charge in [0.05, 0.1) is 22.6 Å². The highest BCUT2D eigenvalue weighted by atomic mass is 35.5. The Kier molecular flexibility index (Phi) is 7.14. The number of hydrogen-bond donors (Lipinski definition) is 0. The number of carbonyl (C=O) groups is 1. The van der Waals surface area contributed by atoms with Crippen LogP contribution in [-0.4, -0.2) is 81.8 Å². The van der Waals surface area contributed by atoms with Crippen LogP contribution in [-0.2, 0) is 19.9 Å². The maximum absolute atomic E-state index is 13.1. The lowest BCUT2D eigenvalue weighted by atomic mass is 10.1. The predicted molar refractivity (Wildman–Crippen MR) is 108 cm³/mol. The van der Waals surface area contributed by atoms with Gasteiger partial charge in [-0.15, -0.1) is 0 Å². The average Bonchev–Trinajstić information content (AvgIpc) is 2.95. The summed E-state index contributed by atoms with van der Waals surface area (Å²) in [5.41, 5.74) is 0.133. The van der Waals surface area contributed by atoms with Crippen LogP contribution in [0, 0.1) is 0 Å². The van der Waals surface area contributed by atoms with Crippen LogP contribution < -0.4 is 0 Å². The summed E-state index contributed by atoms with van der Waals surface area (Å²) in [6, 6.07) is 3.60. The number of hydrogen-bond acceptors (Lipinski definition) is 6. The predicted octanol–water partition coefficient (Wildman–Crippen LogP) is 1.48. The van der Waals surface area contributed by atoms with E-state index >= 15 is 0 Å². The van der Waals surface area contributed by atoms with Crippen molar-refractivity contribution >= 4 is 37.4 Å². The van der Waals surface area contributed by atoms with E-state index in [1.165, 1.54) is 32.5 Å². The van der Waals surface area contributed by atoms with Gasteiger partial charge in [0, 0.05) is 32.7 Å². The number of sulfone groups is 1. The minimum Gasteiger partial charge on any atom is -0.268 e. The quantitative estimate of drug-likeness (QED) is 0.582. The van der Waals surface area contributed by atoms with Gasteiger partial charge in [-0.25, -0.2) is 21.8 Å². The summed E-state index contributed by atoms with van der Waals surface area (Å²) in [6.45, 7) is 3.99. The van der Waals surface area contributed by atoms with Crippen LogP contribution in [0.2, 0.25) is 5.02 Å². The monoisotopic (exact) mass is 451 g/mol. The molecule has 0 spiro atoms. The number of benzene rings is 1. The van der Waals surface area contributed by atoms with E-state index in [0.29, 0.717) is 6.42 Å². The van der Waals surface area contributed by atoms with Crippen LogP contribution in [0.25, 0.3) is 0 Å². The van der Waals surface area contributed by atoms with Crippen LogP contribution in [0.1, 0.15) is 30.6 Å². The molecule has 1 aromatic carbocycles. The Balaban J connectivity index is 2.45. The Morgan fingerprint density at radius 2 is 1.82 bits per heavy atom. The van der Waals surface area contributed by atoms with E-state index in [9.17, 15) is 21.6 Å². The number of nitrogens with zero attached hydrogens (tertiary/aromatic N) is 3. The van der Waals surface area contributed by atoms with Crippen LogP contribution in [0.4, 0.5) is 0 Å². The van der Waals surface area contributed by atoms with E-state index in [1.807, 2.05) is 0 Å². The minimum atomic E-state index is -3.85. The van der Waals surface area contributed by atoms with E-state index < -0.39 is 31.8 Å². The highest BCUT2D eigenvalue weighted by Gasteiger charge is 2.37. The van der Waals surface area contributed by atoms with Crippen molar-refractivity contribution in [2.45, 2.75) is 31.2 Å². The van der Waals surface area contributed by atoms with Crippen molar-refractivity contribution in [2.24, 2.45) is 0 Å². The molecule has 0 bridgehead atoms. The first-order chi connectivity index (χ1) is 12.9. The third kappa shape index (κ3) is 4.68. The largest absolute Gasteiger partial charge is 0.268 e. The van der Waals surface area contributed by atoms with Crippen molar-refractivity contribution in [3.63, 3.8) is 0 Å². The molecule has 28 heavy (non-hydrogen) atoms. The van der Waals surface area contributed by atoms with Crippen molar-refractivity contribution in [1.29, 1.82) is 0 Å². The third-order valence-electron chi connectivity index (χ3n) is 4.69. The topological polar surface area (TPSA) is 95.1 Å². The number of sulfonamides is 1. The molecular weight excluding hydrogens is 426 g/mol. The molecule has 1 heterocycles. The van der Waals surface area contributed by atoms with Gasteiger partial charge in [0.15, 0.2) is 9.84 Å². The lowest BCUT2D eigenvalue weighted by Crippen LogP contribution is -2.49. The number of rotatable bonds is 7. The average molecular weight is 452 g/mol. The first kappa shape index (κ1) is 23.1. The molecule has 11 heteroatoms. The third-order valence-corrected chi connectivity index (χ3v) is 8.98. The van der Waals surface area contributed by atoms with Crippen LogP contribution in [0.3, 0.4) is 0 Å². The van der Waals surface area contributed by atoms with Crippen molar-refractivity contribution in [3.8, 4) is 0 Å². The van der Waals surface area contributed by atoms with Gasteiger partial charge in [0.2, 0.25) is 10.0 Å². The highest BCUT2D eigenvalue weighted by molar-refractivity contribution is 7.91. The van der Waals surface area contributed by atoms with Gasteiger partial charge >= 0.3 is 0 Å². The van der Waals surface area contributed by atoms with Gasteiger partial charge in [-0.3, -0.25) is 9.80 Å². The van der Waals surface area contributed by atoms with Crippen LogP contribution in [0.15, 0.2) is 23.1 Å². The fourth-order valence-electron chi connectivity index (χ4n) is 3.31. The molecule has 8 nitrogen and oxygen atoms in total. The van der Waals surface area contributed by atoms with Crippen molar-refractivity contribution in [2.75, 3.05) is 38.7 Å². The summed E-state index contributed by atoms with van der Waals surface area (Å²) in [7, 11) is -3.75. The Morgan fingerprint density at radius 1 is 1.21 bits per heavy atom. The molecule has 1 saturated heterocycles. The highest BCUT2D eigenvalue weighted by Crippen LogP contribution is 2.28. The van der Waals surface area contributed by atoms with Gasteiger partial charge in [-0.1, -0.05) is 25.4 Å². The molecule has 0 unspecified atom stereocenters. The molecular formula is C17H26ClN3O5S2. The summed E-state index contributed by atoms with van der Waals surface area (Å²) in [6.07, 6.45) is 0.338. The van der Waals surface area contributed by atoms with Crippen molar-refractivity contribution in [3.05, 3.63) is 28.8 Å². The fraction of sp³-hybridized carbons (Fsp3) is 0.588. The molecule has 1 fully saturated rings. The zero-order chi connectivity index (χ0) is 21.3. The SMILES string of the molecule is CCN(CC)S(=O)(=O)c1cc(C(=O)N([C@@H]2CCS(=O)(=O)C2)N(C)C)ccc1Cl. The second-order valence-electron chi connectivity index (χ2n) is 6.79. The normalized spacial score (nSPS) is 19.3. The standard InChI is InChI=1S/C17H26ClN3O5S2/c1-5-20(6-2)28(25,26)16-11-13(7-8-15(16)18)17(22)21(19(3)4)14-9-10-27(23,24)12-14/h7-8,11,14H,5-6,9-10,12H2,1-4H3/t14-/m1/s1. The number of carbonyl (C=O) groups excluding carboxylic acids is 1. The minimum absolute atomic E-state index is 0.0253. The number of halogens is 1. The summed E-state index contributed by atoms with van der Waals surface area (Å²) < 4.78 is 50.7. The summed E-state index contributed by atoms with van der Waals surface area (Å²) in [5.74, 6) is -0.563. The first-order valence-electron chi connectivity index (χ1n) is 8.95. The molecule has 2 rings (SSSR count). The molecule has 0 aliphatic carbocycles. The van der Waals surface area contributed by atoms with E-state index in [4.69, 9.17) is 11.6 Å². The molecule has 1 aliphatic heterocycles. The van der Waals surface area contributed by atoms with Gasteiger partial charge in [-0.05, 0) is 24.6 Å². The summed E-state index contributed by atoms with van der Waals surface area (Å²) in [4.78, 5) is 13.0. The molecule has 158 valence electrons. The molecule has 0 saturated carbocycles. The smallest absolute Gasteiger partial charge is 0.268 e. The lowest BCUT2D eigenvalue weighted by molar-refractivity contribution is 0.000989. The van der Waals surface area contributed by atoms with Crippen LogP contribution >= 0.6 is 11.6 Å². The zero-order valence-electron chi connectivity index (χ0n) is 16.4. The summed E-state index contributed by atoms with van der Waals surface area (Å²) >= 11 is 6.13. The number of hydrazine groups is 1. The Morgan fingerprint density at radius 3 is 2.29 bits per heavy atom. The molecule has 0 aromatic heterocycles. The van der Waals surface area contributed by atoms with Gasteiger partial charge in [0.1, 0.15) is 4.90 Å². The van der Waals surface area contributed by atoms with E-state index in [-0.39, 0.29) is 40.1 Å². The first-order valence-corrected chi connectivity index (χ1v) is 12.6. The zero-order valence-corrected chi connectivity index (χ0v) is 18.8. The maximum atomic E-state index is 13.1. The van der Waals surface area contributed by atoms with E-state index in [1.54, 1.807) is 27.9 Å². The molecule has 0 radical (unpaired) electrons. The number of amides is 1. The molecule has 1 aromatic rings. The van der Waals surface area contributed by atoms with Gasteiger partial charge < -0.3 is 0 Å². The second-order valence-corrected chi connectivity index (χ2v) is 11.3. The Labute approximate surface area is 172 Å². The molecule has 1 atom stereocenters. The Bertz CT molecular complexity index is 944. The van der Waals surface area contributed by atoms with Gasteiger partial charge in [-0.2, -0.15) is 4.31 Å². The summed E-state index contributed by atoms with van der Waals surface area (Å²) in [5, 5.41) is 2.92. The van der Waals surface area contributed by atoms with Crippen molar-refractivity contribution in [1.82, 2.24) is 14.3 Å². The van der Waals surface area contributed by atoms with E-state index in [0.717, 1.165) is 0 Å². The van der Waals surface area contributed by atoms with E-state index in [2.05, 4.69) is 0 Å². The lowest BCUT2D eigenvalue weighted by Gasteiger charge is -2.34. The fourth-order valence-corrected chi connectivity index (χ4v) is 6.96.